The van der Waals surface area contributed by atoms with Crippen LogP contribution in [0.3, 0.4) is 0 Å². The molecular weight excluding hydrogens is 501 g/mol. The molecule has 188 valence electrons. The fraction of sp³-hybridized carbons (Fsp3) is 0.269. The molecule has 0 aliphatic rings. The van der Waals surface area contributed by atoms with Gasteiger partial charge in [0, 0.05) is 37.3 Å². The van der Waals surface area contributed by atoms with Crippen molar-refractivity contribution in [3.63, 3.8) is 0 Å². The Morgan fingerprint density at radius 1 is 1.14 bits per heavy atom. The van der Waals surface area contributed by atoms with Gasteiger partial charge in [0.25, 0.3) is 5.56 Å². The second kappa shape index (κ2) is 9.55. The van der Waals surface area contributed by atoms with Gasteiger partial charge in [0.1, 0.15) is 16.6 Å². The van der Waals surface area contributed by atoms with E-state index in [1.807, 2.05) is 26.2 Å². The number of halogens is 2. The van der Waals surface area contributed by atoms with Crippen LogP contribution in [-0.2, 0) is 12.5 Å². The number of hydrogen-bond acceptors (Lipinski definition) is 5. The van der Waals surface area contributed by atoms with Crippen molar-refractivity contribution in [2.75, 3.05) is 23.0 Å². The number of aromatic nitrogens is 2. The van der Waals surface area contributed by atoms with Crippen LogP contribution in [0.4, 0.5) is 25.7 Å². The number of fused-ring (bicyclic) bond motifs is 1. The molecule has 4 rings (SSSR count). The van der Waals surface area contributed by atoms with E-state index in [9.17, 15) is 14.0 Å². The molecule has 0 atom stereocenters. The average Bonchev–Trinajstić information content (AvgIpc) is 3.18. The highest BCUT2D eigenvalue weighted by Crippen LogP contribution is 2.40. The highest BCUT2D eigenvalue weighted by Gasteiger charge is 2.23. The second-order valence-corrected chi connectivity index (χ2v) is 10.8. The number of pyridine rings is 2. The van der Waals surface area contributed by atoms with Gasteiger partial charge in [-0.15, -0.1) is 11.3 Å². The maximum Gasteiger partial charge on any atom is 0.324 e. The molecule has 0 saturated heterocycles. The van der Waals surface area contributed by atoms with E-state index in [4.69, 9.17) is 11.6 Å². The predicted octanol–water partition coefficient (Wildman–Crippen LogP) is 6.75. The fourth-order valence-corrected chi connectivity index (χ4v) is 5.60. The summed E-state index contributed by atoms with van der Waals surface area (Å²) in [6.07, 6.45) is 1.67. The monoisotopic (exact) mass is 527 g/mol. The van der Waals surface area contributed by atoms with Crippen LogP contribution < -0.4 is 21.5 Å². The van der Waals surface area contributed by atoms with Crippen molar-refractivity contribution < 1.29 is 9.18 Å². The molecule has 3 heterocycles. The minimum absolute atomic E-state index is 0.0531. The molecule has 0 bridgehead atoms. The number of thiophene rings is 1. The number of nitrogens with one attached hydrogen (secondary N) is 3. The summed E-state index contributed by atoms with van der Waals surface area (Å²) in [5.74, 6) is 0.0261. The SMILES string of the molecule is CNc1cc2c(cn1)cc(-c1cc(NC(=O)Nc3scc(C(C)(C)C)c3Cl)c(F)cc1C)c(=O)n2C. The molecule has 7 nitrogen and oxygen atoms in total. The Kier molecular flexibility index (Phi) is 6.81. The van der Waals surface area contributed by atoms with Crippen LogP contribution in [0.25, 0.3) is 22.0 Å². The summed E-state index contributed by atoms with van der Waals surface area (Å²) >= 11 is 7.76. The molecule has 10 heteroatoms. The Balaban J connectivity index is 1.69. The standard InChI is InChI=1S/C26H27ClFN5O2S/c1-13-7-18(28)19(31-25(35)32-23-22(27)17(12-36-23)26(2,3)4)9-15(13)16-8-14-11-30-21(29-5)10-20(14)33(6)24(16)34/h7-12H,1-6H3,(H,29,30)(H2,31,32,35). The lowest BCUT2D eigenvalue weighted by Crippen LogP contribution is -2.21. The number of carbonyl (C=O) groups excluding carboxylic acids is 1. The fourth-order valence-electron chi connectivity index (χ4n) is 3.94. The van der Waals surface area contributed by atoms with E-state index in [2.05, 4.69) is 20.9 Å². The predicted molar refractivity (Wildman–Crippen MR) is 147 cm³/mol. The molecule has 0 unspecified atom stereocenters. The lowest BCUT2D eigenvalue weighted by Gasteiger charge is -2.17. The van der Waals surface area contributed by atoms with E-state index in [0.717, 1.165) is 10.9 Å². The number of amides is 2. The zero-order chi connectivity index (χ0) is 26.4. The normalized spacial score (nSPS) is 11.6. The van der Waals surface area contributed by atoms with E-state index in [0.29, 0.717) is 38.0 Å². The van der Waals surface area contributed by atoms with Crippen molar-refractivity contribution in [1.29, 1.82) is 0 Å². The van der Waals surface area contributed by atoms with Crippen LogP contribution in [0, 0.1) is 12.7 Å². The van der Waals surface area contributed by atoms with E-state index >= 15 is 0 Å². The molecule has 3 N–H and O–H groups in total. The smallest absolute Gasteiger partial charge is 0.324 e. The number of hydrogen-bond donors (Lipinski definition) is 3. The minimum atomic E-state index is -0.636. The Hall–Kier alpha value is -3.43. The van der Waals surface area contributed by atoms with Crippen molar-refractivity contribution in [2.24, 2.45) is 7.05 Å². The summed E-state index contributed by atoms with van der Waals surface area (Å²) in [6, 6.07) is 5.65. The Morgan fingerprint density at radius 2 is 1.86 bits per heavy atom. The first kappa shape index (κ1) is 25.7. The number of carbonyl (C=O) groups is 1. The van der Waals surface area contributed by atoms with Gasteiger partial charge in [0.2, 0.25) is 0 Å². The molecule has 0 fully saturated rings. The zero-order valence-corrected chi connectivity index (χ0v) is 22.4. The van der Waals surface area contributed by atoms with Crippen LogP contribution >= 0.6 is 22.9 Å². The van der Waals surface area contributed by atoms with E-state index in [1.165, 1.54) is 28.0 Å². The van der Waals surface area contributed by atoms with Crippen molar-refractivity contribution >= 4 is 56.4 Å². The van der Waals surface area contributed by atoms with E-state index < -0.39 is 11.8 Å². The van der Waals surface area contributed by atoms with Crippen molar-refractivity contribution in [3.05, 3.63) is 68.2 Å². The summed E-state index contributed by atoms with van der Waals surface area (Å²) in [5.41, 5.74) is 2.59. The van der Waals surface area contributed by atoms with E-state index in [1.54, 1.807) is 39.3 Å². The van der Waals surface area contributed by atoms with E-state index in [-0.39, 0.29) is 16.7 Å². The topological polar surface area (TPSA) is 88.1 Å². The zero-order valence-electron chi connectivity index (χ0n) is 20.8. The molecule has 2 amide bonds. The van der Waals surface area contributed by atoms with Crippen LogP contribution in [0.5, 0.6) is 0 Å². The van der Waals surface area contributed by atoms with Crippen molar-refractivity contribution in [1.82, 2.24) is 9.55 Å². The number of anilines is 3. The average molecular weight is 528 g/mol. The highest BCUT2D eigenvalue weighted by molar-refractivity contribution is 7.15. The van der Waals surface area contributed by atoms with Gasteiger partial charge in [-0.3, -0.25) is 10.1 Å². The molecule has 4 aromatic rings. The molecular formula is C26H27ClFN5O2S. The third-order valence-corrected chi connectivity index (χ3v) is 7.38. The second-order valence-electron chi connectivity index (χ2n) is 9.57. The maximum absolute atomic E-state index is 14.8. The molecule has 0 radical (unpaired) electrons. The van der Waals surface area contributed by atoms with Gasteiger partial charge >= 0.3 is 6.03 Å². The lowest BCUT2D eigenvalue weighted by atomic mass is 9.89. The number of aryl methyl sites for hydroxylation is 2. The van der Waals surface area contributed by atoms with Crippen LogP contribution in [0.2, 0.25) is 5.02 Å². The minimum Gasteiger partial charge on any atom is -0.373 e. The molecule has 3 aromatic heterocycles. The van der Waals surface area contributed by atoms with Gasteiger partial charge < -0.3 is 15.2 Å². The first-order chi connectivity index (χ1) is 16.9. The van der Waals surface area contributed by atoms with Gasteiger partial charge in [-0.1, -0.05) is 32.4 Å². The Labute approximate surface area is 217 Å². The largest absolute Gasteiger partial charge is 0.373 e. The Morgan fingerprint density at radius 3 is 2.50 bits per heavy atom. The lowest BCUT2D eigenvalue weighted by molar-refractivity contribution is 0.262. The van der Waals surface area contributed by atoms with Gasteiger partial charge in [0.05, 0.1) is 16.2 Å². The Bertz CT molecular complexity index is 1550. The van der Waals surface area contributed by atoms with Crippen LogP contribution in [0.15, 0.2) is 40.6 Å². The summed E-state index contributed by atoms with van der Waals surface area (Å²) in [6.45, 7) is 7.80. The van der Waals surface area contributed by atoms with Gasteiger partial charge in [-0.2, -0.15) is 0 Å². The number of urea groups is 1. The van der Waals surface area contributed by atoms with Crippen molar-refractivity contribution in [2.45, 2.75) is 33.1 Å². The van der Waals surface area contributed by atoms with Gasteiger partial charge in [-0.05, 0) is 52.6 Å². The van der Waals surface area contributed by atoms with Gasteiger partial charge in [-0.25, -0.2) is 14.2 Å². The molecule has 0 spiro atoms. The quantitative estimate of drug-likeness (QED) is 0.274. The van der Waals surface area contributed by atoms with Crippen molar-refractivity contribution in [3.8, 4) is 11.1 Å². The molecule has 0 saturated carbocycles. The third-order valence-electron chi connectivity index (χ3n) is 5.98. The molecule has 0 aliphatic heterocycles. The summed E-state index contributed by atoms with van der Waals surface area (Å²) in [5, 5.41) is 11.8. The molecule has 1 aromatic carbocycles. The number of benzene rings is 1. The number of nitrogens with zero attached hydrogens (tertiary/aromatic N) is 2. The first-order valence-corrected chi connectivity index (χ1v) is 12.5. The summed E-state index contributed by atoms with van der Waals surface area (Å²) in [4.78, 5) is 30.3. The third kappa shape index (κ3) is 4.81. The van der Waals surface area contributed by atoms with Crippen LogP contribution in [-0.4, -0.2) is 22.6 Å². The first-order valence-electron chi connectivity index (χ1n) is 11.2. The summed E-state index contributed by atoms with van der Waals surface area (Å²) < 4.78 is 16.4. The summed E-state index contributed by atoms with van der Waals surface area (Å²) in [7, 11) is 3.43. The highest BCUT2D eigenvalue weighted by atomic mass is 35.5. The van der Waals surface area contributed by atoms with Gasteiger partial charge in [0.15, 0.2) is 0 Å². The molecule has 0 aliphatic carbocycles. The van der Waals surface area contributed by atoms with Crippen LogP contribution in [0.1, 0.15) is 31.9 Å². The number of rotatable bonds is 4. The maximum atomic E-state index is 14.8. The molecule has 36 heavy (non-hydrogen) atoms.